The Morgan fingerprint density at radius 3 is 2.53 bits per heavy atom. The Balaban J connectivity index is 1.38. The lowest BCUT2D eigenvalue weighted by atomic mass is 10.1. The Hall–Kier alpha value is -5.37. The SMILES string of the molecule is CC1=C=CNc2c(n(-c3ccc(Oc4ccccc4)cc3C)c(=O)n2-c2cccc(N(C)C(=O)/C=C/CN(C)C3CC3)c2)C1=N. The number of para-hydroxylation sites is 1. The summed E-state index contributed by atoms with van der Waals surface area (Å²) in [5, 5.41) is 12.2. The third-order valence-corrected chi connectivity index (χ3v) is 8.18. The van der Waals surface area contributed by atoms with Gasteiger partial charge in [-0.3, -0.25) is 19.7 Å². The minimum atomic E-state index is -0.352. The van der Waals surface area contributed by atoms with Crippen LogP contribution >= 0.6 is 0 Å². The zero-order valence-electron chi connectivity index (χ0n) is 25.9. The monoisotopic (exact) mass is 600 g/mol. The second kappa shape index (κ2) is 12.3. The van der Waals surface area contributed by atoms with E-state index in [1.807, 2.05) is 79.7 Å². The quantitative estimate of drug-likeness (QED) is 0.176. The van der Waals surface area contributed by atoms with E-state index in [-0.39, 0.29) is 17.3 Å². The van der Waals surface area contributed by atoms with Crippen molar-refractivity contribution in [1.29, 1.82) is 5.41 Å². The van der Waals surface area contributed by atoms with E-state index in [0.29, 0.717) is 51.7 Å². The van der Waals surface area contributed by atoms with Crippen LogP contribution in [-0.4, -0.2) is 52.3 Å². The maximum atomic E-state index is 14.3. The normalized spacial score (nSPS) is 14.2. The standard InChI is InChI=1S/C36H36N6O3/c1-24-19-20-38-35-34(33(24)37)42(31-18-17-30(22-25(31)2)45-29-12-6-5-7-13-29)36(44)41(35)28-11-8-10-27(23-28)40(4)32(43)14-9-21-39(3)26-15-16-26/h5-14,17-18,20,22-23,26,37-38H,15-16,21H2,1-4H3/b14-9+,37-33?. The van der Waals surface area contributed by atoms with Crippen LogP contribution in [0.3, 0.4) is 0 Å². The van der Waals surface area contributed by atoms with Crippen molar-refractivity contribution in [3.8, 4) is 22.9 Å². The molecule has 3 aromatic carbocycles. The van der Waals surface area contributed by atoms with Crippen molar-refractivity contribution < 1.29 is 9.53 Å². The van der Waals surface area contributed by atoms with E-state index in [4.69, 9.17) is 10.1 Å². The van der Waals surface area contributed by atoms with Gasteiger partial charge in [-0.05, 0) is 87.8 Å². The van der Waals surface area contributed by atoms with Gasteiger partial charge in [-0.1, -0.05) is 36.1 Å². The van der Waals surface area contributed by atoms with Gasteiger partial charge >= 0.3 is 5.69 Å². The average Bonchev–Trinajstić information content (AvgIpc) is 3.86. The van der Waals surface area contributed by atoms with Crippen molar-refractivity contribution in [2.24, 2.45) is 0 Å². The number of carbonyl (C=O) groups excluding carboxylic acids is 1. The lowest BCUT2D eigenvalue weighted by Crippen LogP contribution is -2.26. The molecule has 2 N–H and O–H groups in total. The molecule has 0 atom stereocenters. The molecule has 4 aromatic rings. The second-order valence-corrected chi connectivity index (χ2v) is 11.4. The van der Waals surface area contributed by atoms with E-state index in [1.54, 1.807) is 41.8 Å². The van der Waals surface area contributed by atoms with Gasteiger partial charge in [0.05, 0.1) is 17.1 Å². The number of amides is 1. The molecule has 45 heavy (non-hydrogen) atoms. The minimum absolute atomic E-state index is 0.156. The number of hydrogen-bond donors (Lipinski definition) is 2. The third kappa shape index (κ3) is 6.04. The Morgan fingerprint density at radius 2 is 1.80 bits per heavy atom. The zero-order valence-corrected chi connectivity index (χ0v) is 25.9. The Labute approximate surface area is 262 Å². The Kier molecular flexibility index (Phi) is 8.13. The highest BCUT2D eigenvalue weighted by atomic mass is 16.5. The number of ether oxygens (including phenoxy) is 1. The number of fused-ring (bicyclic) bond motifs is 1. The predicted molar refractivity (Wildman–Crippen MR) is 179 cm³/mol. The third-order valence-electron chi connectivity index (χ3n) is 8.18. The summed E-state index contributed by atoms with van der Waals surface area (Å²) in [6.07, 6.45) is 7.52. The Bertz CT molecular complexity index is 1940. The Morgan fingerprint density at radius 1 is 1.02 bits per heavy atom. The highest BCUT2D eigenvalue weighted by Crippen LogP contribution is 2.31. The molecule has 1 amide bonds. The summed E-state index contributed by atoms with van der Waals surface area (Å²) in [5.41, 5.74) is 6.53. The van der Waals surface area contributed by atoms with Gasteiger partial charge in [0.15, 0.2) is 0 Å². The van der Waals surface area contributed by atoms with E-state index in [1.165, 1.54) is 17.4 Å². The molecule has 9 heteroatoms. The van der Waals surface area contributed by atoms with E-state index in [2.05, 4.69) is 23.0 Å². The molecule has 1 saturated carbocycles. The van der Waals surface area contributed by atoms with Crippen LogP contribution in [-0.2, 0) is 4.79 Å². The number of likely N-dealkylation sites (N-methyl/N-ethyl adjacent to an activating group) is 2. The maximum Gasteiger partial charge on any atom is 0.339 e. The molecular formula is C36H36N6O3. The summed E-state index contributed by atoms with van der Waals surface area (Å²) in [7, 11) is 3.79. The van der Waals surface area contributed by atoms with Gasteiger partial charge in [0, 0.05) is 43.2 Å². The number of carbonyl (C=O) groups is 1. The molecule has 2 heterocycles. The van der Waals surface area contributed by atoms with Gasteiger partial charge in [0.1, 0.15) is 23.0 Å². The number of allylic oxidation sites excluding steroid dienone is 1. The predicted octanol–water partition coefficient (Wildman–Crippen LogP) is 6.19. The van der Waals surface area contributed by atoms with Gasteiger partial charge in [-0.15, -0.1) is 0 Å². The highest BCUT2D eigenvalue weighted by Gasteiger charge is 2.28. The molecule has 0 saturated heterocycles. The number of imidazole rings is 1. The van der Waals surface area contributed by atoms with E-state index in [0.717, 1.165) is 12.1 Å². The number of nitrogens with one attached hydrogen (secondary N) is 2. The summed E-state index contributed by atoms with van der Waals surface area (Å²) in [4.78, 5) is 31.2. The van der Waals surface area contributed by atoms with Gasteiger partial charge < -0.3 is 15.0 Å². The minimum Gasteiger partial charge on any atom is -0.457 e. The first-order valence-corrected chi connectivity index (χ1v) is 15.0. The van der Waals surface area contributed by atoms with Crippen molar-refractivity contribution in [3.63, 3.8) is 0 Å². The van der Waals surface area contributed by atoms with E-state index >= 15 is 0 Å². The fraction of sp³-hybridized carbons (Fsp3) is 0.222. The molecule has 0 unspecified atom stereocenters. The molecule has 0 spiro atoms. The molecule has 1 aliphatic heterocycles. The first-order valence-electron chi connectivity index (χ1n) is 15.0. The van der Waals surface area contributed by atoms with Crippen molar-refractivity contribution in [2.45, 2.75) is 32.7 Å². The molecule has 1 fully saturated rings. The van der Waals surface area contributed by atoms with Crippen LogP contribution in [0.25, 0.3) is 11.4 Å². The van der Waals surface area contributed by atoms with Crippen molar-refractivity contribution in [3.05, 3.63) is 124 Å². The summed E-state index contributed by atoms with van der Waals surface area (Å²) in [5.74, 6) is 1.63. The largest absolute Gasteiger partial charge is 0.457 e. The van der Waals surface area contributed by atoms with E-state index in [9.17, 15) is 9.59 Å². The average molecular weight is 601 g/mol. The summed E-state index contributed by atoms with van der Waals surface area (Å²) in [6, 6.07) is 22.9. The molecule has 228 valence electrons. The van der Waals surface area contributed by atoms with Crippen molar-refractivity contribution >= 4 is 23.1 Å². The number of aromatic nitrogens is 2. The number of aryl methyl sites for hydroxylation is 1. The molecule has 6 rings (SSSR count). The first-order chi connectivity index (χ1) is 21.7. The summed E-state index contributed by atoms with van der Waals surface area (Å²) >= 11 is 0. The maximum absolute atomic E-state index is 14.3. The number of rotatable bonds is 9. The van der Waals surface area contributed by atoms with Gasteiger partial charge in [0.25, 0.3) is 0 Å². The molecule has 0 radical (unpaired) electrons. The number of hydrogen-bond acceptors (Lipinski definition) is 6. The smallest absolute Gasteiger partial charge is 0.339 e. The summed E-state index contributed by atoms with van der Waals surface area (Å²) < 4.78 is 9.12. The van der Waals surface area contributed by atoms with Gasteiger partial charge in [0.2, 0.25) is 5.91 Å². The van der Waals surface area contributed by atoms with Crippen molar-refractivity contribution in [2.75, 3.05) is 30.9 Å². The lowest BCUT2D eigenvalue weighted by molar-refractivity contribution is -0.113. The zero-order chi connectivity index (χ0) is 31.7. The molecular weight excluding hydrogens is 564 g/mol. The molecule has 9 nitrogen and oxygen atoms in total. The highest BCUT2D eigenvalue weighted by molar-refractivity contribution is 6.13. The van der Waals surface area contributed by atoms with Crippen LogP contribution < -0.4 is 20.6 Å². The number of anilines is 2. The van der Waals surface area contributed by atoms with Crippen LogP contribution in [0.15, 0.2) is 107 Å². The first kappa shape index (κ1) is 29.7. The van der Waals surface area contributed by atoms with E-state index < -0.39 is 0 Å². The fourth-order valence-corrected chi connectivity index (χ4v) is 5.42. The van der Waals surface area contributed by atoms with Crippen LogP contribution in [0.4, 0.5) is 11.5 Å². The van der Waals surface area contributed by atoms with Crippen molar-refractivity contribution in [1.82, 2.24) is 14.0 Å². The van der Waals surface area contributed by atoms with Crippen LogP contribution in [0.5, 0.6) is 11.5 Å². The lowest BCUT2D eigenvalue weighted by Gasteiger charge is -2.17. The second-order valence-electron chi connectivity index (χ2n) is 11.4. The van der Waals surface area contributed by atoms with Crippen LogP contribution in [0.2, 0.25) is 0 Å². The molecule has 1 aliphatic carbocycles. The van der Waals surface area contributed by atoms with Crippen LogP contribution in [0.1, 0.15) is 31.0 Å². The topological polar surface area (TPSA) is 95.6 Å². The van der Waals surface area contributed by atoms with Gasteiger partial charge in [-0.2, -0.15) is 0 Å². The van der Waals surface area contributed by atoms with Gasteiger partial charge in [-0.25, -0.2) is 9.36 Å². The fourth-order valence-electron chi connectivity index (χ4n) is 5.42. The summed E-state index contributed by atoms with van der Waals surface area (Å²) in [6.45, 7) is 4.43. The molecule has 0 bridgehead atoms. The number of nitrogens with zero attached hydrogens (tertiary/aromatic N) is 4. The number of benzene rings is 3. The molecule has 1 aromatic heterocycles. The van der Waals surface area contributed by atoms with Crippen LogP contribution in [0, 0.1) is 12.3 Å². The molecule has 2 aliphatic rings.